The third-order valence-corrected chi connectivity index (χ3v) is 16.3. The van der Waals surface area contributed by atoms with E-state index in [9.17, 15) is 14.0 Å². The summed E-state index contributed by atoms with van der Waals surface area (Å²) in [5.74, 6) is 0.0606. The van der Waals surface area contributed by atoms with Crippen molar-refractivity contribution in [1.82, 2.24) is 46.4 Å². The highest BCUT2D eigenvalue weighted by Crippen LogP contribution is 2.41. The van der Waals surface area contributed by atoms with Crippen LogP contribution in [0.3, 0.4) is 0 Å². The molecule has 4 aromatic rings. The number of alkyl halides is 1. The molecule has 0 saturated carbocycles. The number of ether oxygens (including phenoxy) is 1. The molecule has 0 radical (unpaired) electrons. The van der Waals surface area contributed by atoms with E-state index >= 15 is 0 Å². The Morgan fingerprint density at radius 1 is 0.829 bits per heavy atom. The van der Waals surface area contributed by atoms with Crippen molar-refractivity contribution in [3.8, 4) is 11.4 Å². The Labute approximate surface area is 503 Å². The van der Waals surface area contributed by atoms with Gasteiger partial charge in [0, 0.05) is 85.9 Å². The zero-order valence-corrected chi connectivity index (χ0v) is 52.6. The molecule has 3 atom stereocenters. The maximum absolute atomic E-state index is 14.9. The highest BCUT2D eigenvalue weighted by molar-refractivity contribution is 14.1. The van der Waals surface area contributed by atoms with Crippen molar-refractivity contribution in [2.75, 3.05) is 32.7 Å². The van der Waals surface area contributed by atoms with Crippen LogP contribution in [0.15, 0.2) is 152 Å². The summed E-state index contributed by atoms with van der Waals surface area (Å²) in [5, 5.41) is 30.7. The van der Waals surface area contributed by atoms with Gasteiger partial charge in [-0.1, -0.05) is 159 Å². The number of aromatic nitrogens is 2. The Morgan fingerprint density at radius 2 is 1.46 bits per heavy atom. The molecular formula is C67H95FIN9O4. The monoisotopic (exact) mass is 1240 g/mol. The van der Waals surface area contributed by atoms with Crippen LogP contribution in [0.1, 0.15) is 151 Å². The number of rotatable bonds is 39. The lowest BCUT2D eigenvalue weighted by molar-refractivity contribution is 0.0848. The number of hydrogen-bond acceptors (Lipinski definition) is 11. The van der Waals surface area contributed by atoms with Crippen LogP contribution in [0.4, 0.5) is 9.18 Å². The number of aryl methyl sites for hydroxylation is 2. The minimum Gasteiger partial charge on any atom is -0.450 e. The largest absolute Gasteiger partial charge is 0.506 e. The smallest absolute Gasteiger partial charge is 0.450 e. The number of halogens is 2. The summed E-state index contributed by atoms with van der Waals surface area (Å²) in [5.41, 5.74) is 11.9. The van der Waals surface area contributed by atoms with Gasteiger partial charge in [0.25, 0.3) is 5.56 Å². The predicted octanol–water partition coefficient (Wildman–Crippen LogP) is 14.8. The highest BCUT2D eigenvalue weighted by Gasteiger charge is 2.33. The van der Waals surface area contributed by atoms with Gasteiger partial charge in [0.15, 0.2) is 0 Å². The molecule has 7 N–H and O–H groups in total. The Kier molecular flexibility index (Phi) is 28.1. The van der Waals surface area contributed by atoms with Crippen LogP contribution in [-0.2, 0) is 24.4 Å². The lowest BCUT2D eigenvalue weighted by Gasteiger charge is -2.38. The van der Waals surface area contributed by atoms with Gasteiger partial charge in [-0.15, -0.1) is 0 Å². The summed E-state index contributed by atoms with van der Waals surface area (Å²) in [6, 6.07) is 15.0. The molecule has 3 unspecified atom stereocenters. The second-order valence-electron chi connectivity index (χ2n) is 21.4. The number of hydrogen-bond donors (Lipinski definition) is 7. The quantitative estimate of drug-likeness (QED) is 0.00866. The first-order valence-electron chi connectivity index (χ1n) is 29.3. The molecule has 0 saturated heterocycles. The third-order valence-electron chi connectivity index (χ3n) is 15.0. The van der Waals surface area contributed by atoms with E-state index in [0.29, 0.717) is 60.1 Å². The average Bonchev–Trinajstić information content (AvgIpc) is 3.89. The van der Waals surface area contributed by atoms with Crippen LogP contribution in [-0.4, -0.2) is 61.9 Å². The second-order valence-corrected chi connectivity index (χ2v) is 23.8. The first kappa shape index (κ1) is 67.8. The van der Waals surface area contributed by atoms with Crippen molar-refractivity contribution in [3.63, 3.8) is 0 Å². The Morgan fingerprint density at radius 3 is 2.12 bits per heavy atom. The van der Waals surface area contributed by atoms with Gasteiger partial charge in [-0.05, 0) is 113 Å². The van der Waals surface area contributed by atoms with E-state index in [2.05, 4.69) is 145 Å². The van der Waals surface area contributed by atoms with E-state index in [0.717, 1.165) is 127 Å². The average molecular weight is 1240 g/mol. The minimum atomic E-state index is -1.45. The van der Waals surface area contributed by atoms with Crippen molar-refractivity contribution in [2.45, 2.75) is 155 Å². The van der Waals surface area contributed by atoms with Crippen LogP contribution in [0.25, 0.3) is 22.3 Å². The van der Waals surface area contributed by atoms with Gasteiger partial charge in [0.2, 0.25) is 0 Å². The highest BCUT2D eigenvalue weighted by atomic mass is 127. The summed E-state index contributed by atoms with van der Waals surface area (Å²) in [7, 11) is 0. The van der Waals surface area contributed by atoms with Gasteiger partial charge in [-0.25, -0.2) is 14.2 Å². The number of pyridine rings is 2. The molecule has 82 heavy (non-hydrogen) atoms. The van der Waals surface area contributed by atoms with Crippen molar-refractivity contribution < 1.29 is 19.0 Å². The Balaban J connectivity index is 0.00000714. The third kappa shape index (κ3) is 20.0. The van der Waals surface area contributed by atoms with Crippen LogP contribution in [0, 0.1) is 25.6 Å². The number of fused-ring (bicyclic) bond motifs is 4. The van der Waals surface area contributed by atoms with Crippen molar-refractivity contribution in [2.24, 2.45) is 5.92 Å². The van der Waals surface area contributed by atoms with Crippen LogP contribution in [0.2, 0.25) is 0 Å². The number of unbranched alkanes of at least 4 members (excludes halogenated alkanes) is 5. The predicted molar refractivity (Wildman–Crippen MR) is 349 cm³/mol. The number of nitrogens with zero attached hydrogens (tertiary/aromatic N) is 3. The van der Waals surface area contributed by atoms with Crippen molar-refractivity contribution in [1.29, 1.82) is 0 Å². The Hall–Kier alpha value is -6.75. The van der Waals surface area contributed by atoms with Crippen LogP contribution in [0.5, 0.6) is 0 Å². The van der Waals surface area contributed by atoms with Gasteiger partial charge in [0.05, 0.1) is 54.7 Å². The first-order valence-corrected chi connectivity index (χ1v) is 30.3. The first-order chi connectivity index (χ1) is 39.2. The van der Waals surface area contributed by atoms with E-state index in [-0.39, 0.29) is 39.6 Å². The molecule has 1 aliphatic rings. The molecule has 3 heterocycles. The molecule has 0 amide bonds. The SMILES string of the molecule is C=CN(CCCCCC(=C)NCC(=C)NCC(=C)NC(C(=C)NCC(=C)NCCCCCC(=C)NCc1c2c(nc3cc(F)c(C)cc13)-c1cc(C)c(COC(=O)O)c(=O)n1C2)c1ccccc1)C(=C)C(CC)C(C)(I)CCCC.CC. The molecule has 446 valence electrons. The zero-order chi connectivity index (χ0) is 60.5. The molecule has 1 aliphatic heterocycles. The standard InChI is InChI=1S/C65H89FIN9O4.C2H6/c1-14-17-31-65(13,67)57(15-2)51(12)75(16-3)33-26-20-22-28-45(6)69-37-48(9)70-39-49(10)73-61(52-29-23-18-24-30-52)50(11)72-38-47(8)68-32-25-19-21-27-46(7)71-40-54-53-34-44(5)58(66)36-59(53)74-62-55(54)41-76-60(62)35-43(4)56(63(76)77)42-80-64(78)79;1-2/h16,18,23-24,29-30,34-36,57,61,68-73H,3,6-12,14-15,17,19-22,25-28,31-33,37-42H2,1-2,4-5,13H3,(H,78,79);1-2H3. The summed E-state index contributed by atoms with van der Waals surface area (Å²) in [4.78, 5) is 31.9. The second kappa shape index (κ2) is 34.0. The number of allylic oxidation sites excluding steroid dienone is 3. The summed E-state index contributed by atoms with van der Waals surface area (Å²) in [6.45, 7) is 52.4. The molecular weight excluding hydrogens is 1140 g/mol. The molecule has 0 aliphatic carbocycles. The van der Waals surface area contributed by atoms with Gasteiger partial charge in [0.1, 0.15) is 12.4 Å². The Bertz CT molecular complexity index is 2950. The topological polar surface area (TPSA) is 157 Å². The van der Waals surface area contributed by atoms with E-state index in [1.807, 2.05) is 44.3 Å². The lowest BCUT2D eigenvalue weighted by Crippen LogP contribution is -2.34. The molecule has 0 spiro atoms. The number of carboxylic acid groups (broad SMARTS) is 1. The molecule has 2 aromatic carbocycles. The van der Waals surface area contributed by atoms with Crippen LogP contribution < -0.4 is 37.5 Å². The van der Waals surface area contributed by atoms with Crippen molar-refractivity contribution in [3.05, 3.63) is 197 Å². The lowest BCUT2D eigenvalue weighted by atomic mass is 9.85. The van der Waals surface area contributed by atoms with Gasteiger partial charge in [-0.2, -0.15) is 0 Å². The zero-order valence-electron chi connectivity index (χ0n) is 50.4. The minimum absolute atomic E-state index is 0.184. The number of nitrogens with one attached hydrogen (secondary N) is 6. The van der Waals surface area contributed by atoms with Crippen LogP contribution >= 0.6 is 22.6 Å². The fourth-order valence-corrected chi connectivity index (χ4v) is 11.4. The maximum Gasteiger partial charge on any atom is 0.506 e. The van der Waals surface area contributed by atoms with E-state index in [4.69, 9.17) is 14.8 Å². The fourth-order valence-electron chi connectivity index (χ4n) is 10.2. The van der Waals surface area contributed by atoms with E-state index in [1.54, 1.807) is 24.5 Å². The fraction of sp³-hybridized carbons (Fsp3) is 0.448. The van der Waals surface area contributed by atoms with Gasteiger partial charge in [-0.3, -0.25) is 4.79 Å². The molecule has 5 rings (SSSR count). The molecule has 0 fully saturated rings. The summed E-state index contributed by atoms with van der Waals surface area (Å²) < 4.78 is 21.4. The van der Waals surface area contributed by atoms with Gasteiger partial charge >= 0.3 is 6.16 Å². The molecule has 15 heteroatoms. The molecule has 13 nitrogen and oxygen atoms in total. The number of carbonyl (C=O) groups is 1. The summed E-state index contributed by atoms with van der Waals surface area (Å²) in [6.07, 6.45) is 12.9. The number of benzene rings is 2. The maximum atomic E-state index is 14.9. The van der Waals surface area contributed by atoms with Gasteiger partial charge < -0.3 is 51.2 Å². The van der Waals surface area contributed by atoms with E-state index in [1.165, 1.54) is 31.0 Å². The van der Waals surface area contributed by atoms with Crippen molar-refractivity contribution >= 4 is 39.6 Å². The normalized spacial score (nSPS) is 12.6. The van der Waals surface area contributed by atoms with E-state index < -0.39 is 6.16 Å². The summed E-state index contributed by atoms with van der Waals surface area (Å²) >= 11 is 2.65. The molecule has 2 aromatic heterocycles. The molecule has 0 bridgehead atoms.